The Balaban J connectivity index is 1.44. The van der Waals surface area contributed by atoms with Crippen molar-refractivity contribution in [2.24, 2.45) is 0 Å². The van der Waals surface area contributed by atoms with Crippen LogP contribution in [0.5, 0.6) is 0 Å². The van der Waals surface area contributed by atoms with E-state index in [-0.39, 0.29) is 6.04 Å². The number of hydrogen-bond donors (Lipinski definition) is 1. The van der Waals surface area contributed by atoms with Gasteiger partial charge in [-0.2, -0.15) is 0 Å². The van der Waals surface area contributed by atoms with Crippen molar-refractivity contribution in [3.8, 4) is 0 Å². The maximum atomic E-state index is 11.2. The van der Waals surface area contributed by atoms with Gasteiger partial charge in [0.15, 0.2) is 0 Å². The molecular weight excluding hydrogens is 264 g/mol. The van der Waals surface area contributed by atoms with Gasteiger partial charge in [-0.05, 0) is 37.8 Å². The highest BCUT2D eigenvalue weighted by molar-refractivity contribution is 5.74. The minimum atomic E-state index is -0.643. The Kier molecular flexibility index (Phi) is 4.56. The Morgan fingerprint density at radius 1 is 1.19 bits per heavy atom. The molecule has 2 atom stereocenters. The molecule has 2 unspecified atom stereocenters. The molecule has 1 N–H and O–H groups in total. The summed E-state index contributed by atoms with van der Waals surface area (Å²) in [4.78, 5) is 15.9. The van der Waals surface area contributed by atoms with E-state index in [0.29, 0.717) is 6.04 Å². The van der Waals surface area contributed by atoms with Crippen LogP contribution in [0.15, 0.2) is 30.3 Å². The maximum absolute atomic E-state index is 11.2. The molecule has 4 heteroatoms. The van der Waals surface area contributed by atoms with Gasteiger partial charge in [0.2, 0.25) is 0 Å². The first kappa shape index (κ1) is 14.5. The van der Waals surface area contributed by atoms with E-state index in [0.717, 1.165) is 45.4 Å². The quantitative estimate of drug-likeness (QED) is 0.898. The highest BCUT2D eigenvalue weighted by Gasteiger charge is 2.40. The SMILES string of the molecule is O=C(O)C1CCC2CN(CCCc3ccccc3)CCN21. The number of rotatable bonds is 5. The molecule has 2 saturated heterocycles. The number of piperazine rings is 1. The van der Waals surface area contributed by atoms with E-state index in [1.54, 1.807) is 0 Å². The fourth-order valence-corrected chi connectivity index (χ4v) is 3.74. The van der Waals surface area contributed by atoms with Crippen LogP contribution in [-0.4, -0.2) is 59.1 Å². The number of carboxylic acid groups (broad SMARTS) is 1. The Labute approximate surface area is 126 Å². The standard InChI is InChI=1S/C17H24N2O2/c20-17(21)16-9-8-15-13-18(11-12-19(15)16)10-4-7-14-5-2-1-3-6-14/h1-3,5-6,15-16H,4,7-13H2,(H,20,21). The number of carbonyl (C=O) groups is 1. The van der Waals surface area contributed by atoms with Gasteiger partial charge in [-0.25, -0.2) is 0 Å². The van der Waals surface area contributed by atoms with E-state index < -0.39 is 5.97 Å². The second kappa shape index (κ2) is 6.58. The summed E-state index contributed by atoms with van der Waals surface area (Å²) in [6.07, 6.45) is 4.16. The summed E-state index contributed by atoms with van der Waals surface area (Å²) in [5.74, 6) is -0.643. The highest BCUT2D eigenvalue weighted by Crippen LogP contribution is 2.27. The predicted molar refractivity (Wildman–Crippen MR) is 82.4 cm³/mol. The Morgan fingerprint density at radius 3 is 2.76 bits per heavy atom. The molecule has 2 fully saturated rings. The van der Waals surface area contributed by atoms with Gasteiger partial charge in [-0.1, -0.05) is 30.3 Å². The normalized spacial score (nSPS) is 26.7. The monoisotopic (exact) mass is 288 g/mol. The van der Waals surface area contributed by atoms with Crippen LogP contribution in [0.1, 0.15) is 24.8 Å². The second-order valence-corrected chi connectivity index (χ2v) is 6.21. The summed E-state index contributed by atoms with van der Waals surface area (Å²) >= 11 is 0. The van der Waals surface area contributed by atoms with E-state index in [4.69, 9.17) is 0 Å². The molecule has 1 aromatic carbocycles. The van der Waals surface area contributed by atoms with Crippen LogP contribution in [0.25, 0.3) is 0 Å². The lowest BCUT2D eigenvalue weighted by molar-refractivity contribution is -0.143. The molecule has 3 rings (SSSR count). The van der Waals surface area contributed by atoms with E-state index in [9.17, 15) is 9.90 Å². The van der Waals surface area contributed by atoms with Gasteiger partial charge >= 0.3 is 5.97 Å². The van der Waals surface area contributed by atoms with Crippen LogP contribution < -0.4 is 0 Å². The molecule has 0 radical (unpaired) electrons. The number of nitrogens with zero attached hydrogens (tertiary/aromatic N) is 2. The van der Waals surface area contributed by atoms with Crippen molar-refractivity contribution >= 4 is 5.97 Å². The van der Waals surface area contributed by atoms with Gasteiger partial charge in [0.05, 0.1) is 0 Å². The molecule has 0 spiro atoms. The number of aliphatic carboxylic acids is 1. The van der Waals surface area contributed by atoms with Crippen LogP contribution >= 0.6 is 0 Å². The van der Waals surface area contributed by atoms with Gasteiger partial charge in [0.25, 0.3) is 0 Å². The molecule has 0 amide bonds. The lowest BCUT2D eigenvalue weighted by Gasteiger charge is -2.39. The molecule has 0 saturated carbocycles. The third kappa shape index (κ3) is 3.44. The fourth-order valence-electron chi connectivity index (χ4n) is 3.74. The zero-order valence-corrected chi connectivity index (χ0v) is 12.4. The highest BCUT2D eigenvalue weighted by atomic mass is 16.4. The average Bonchev–Trinajstić information content (AvgIpc) is 2.91. The molecule has 1 aromatic rings. The summed E-state index contributed by atoms with van der Waals surface area (Å²) in [6, 6.07) is 10.8. The molecular formula is C17H24N2O2. The first-order valence-corrected chi connectivity index (χ1v) is 7.99. The number of carboxylic acids is 1. The lowest BCUT2D eigenvalue weighted by atomic mass is 10.1. The number of fused-ring (bicyclic) bond motifs is 1. The smallest absolute Gasteiger partial charge is 0.320 e. The van der Waals surface area contributed by atoms with Crippen molar-refractivity contribution in [2.75, 3.05) is 26.2 Å². The summed E-state index contributed by atoms with van der Waals surface area (Å²) in [7, 11) is 0. The minimum Gasteiger partial charge on any atom is -0.480 e. The Hall–Kier alpha value is -1.39. The first-order chi connectivity index (χ1) is 10.2. The number of aryl methyl sites for hydroxylation is 1. The second-order valence-electron chi connectivity index (χ2n) is 6.21. The summed E-state index contributed by atoms with van der Waals surface area (Å²) in [5, 5.41) is 9.23. The molecule has 2 heterocycles. The molecule has 4 nitrogen and oxygen atoms in total. The number of benzene rings is 1. The van der Waals surface area contributed by atoms with Crippen molar-refractivity contribution in [2.45, 2.75) is 37.8 Å². The third-order valence-electron chi connectivity index (χ3n) is 4.85. The molecule has 0 aromatic heterocycles. The van der Waals surface area contributed by atoms with Gasteiger partial charge in [-0.15, -0.1) is 0 Å². The van der Waals surface area contributed by atoms with Gasteiger partial charge < -0.3 is 10.0 Å². The van der Waals surface area contributed by atoms with Crippen LogP contribution in [0.3, 0.4) is 0 Å². The Morgan fingerprint density at radius 2 is 2.00 bits per heavy atom. The van der Waals surface area contributed by atoms with Crippen LogP contribution in [0.2, 0.25) is 0 Å². The largest absolute Gasteiger partial charge is 0.480 e. The molecule has 114 valence electrons. The maximum Gasteiger partial charge on any atom is 0.320 e. The fraction of sp³-hybridized carbons (Fsp3) is 0.588. The molecule has 21 heavy (non-hydrogen) atoms. The van der Waals surface area contributed by atoms with Gasteiger partial charge in [0.1, 0.15) is 6.04 Å². The van der Waals surface area contributed by atoms with E-state index >= 15 is 0 Å². The van der Waals surface area contributed by atoms with E-state index in [2.05, 4.69) is 40.1 Å². The van der Waals surface area contributed by atoms with Crippen molar-refractivity contribution < 1.29 is 9.90 Å². The van der Waals surface area contributed by atoms with Crippen LogP contribution in [-0.2, 0) is 11.2 Å². The van der Waals surface area contributed by atoms with Gasteiger partial charge in [-0.3, -0.25) is 9.69 Å². The summed E-state index contributed by atoms with van der Waals surface area (Å²) in [5.41, 5.74) is 1.41. The van der Waals surface area contributed by atoms with E-state index in [1.807, 2.05) is 0 Å². The third-order valence-corrected chi connectivity index (χ3v) is 4.85. The first-order valence-electron chi connectivity index (χ1n) is 7.99. The van der Waals surface area contributed by atoms with Crippen molar-refractivity contribution in [1.29, 1.82) is 0 Å². The van der Waals surface area contributed by atoms with E-state index in [1.165, 1.54) is 12.0 Å². The van der Waals surface area contributed by atoms with Gasteiger partial charge in [0, 0.05) is 25.7 Å². The molecule has 0 bridgehead atoms. The summed E-state index contributed by atoms with van der Waals surface area (Å²) < 4.78 is 0. The van der Waals surface area contributed by atoms with Crippen molar-refractivity contribution in [3.05, 3.63) is 35.9 Å². The topological polar surface area (TPSA) is 43.8 Å². The van der Waals surface area contributed by atoms with Crippen molar-refractivity contribution in [1.82, 2.24) is 9.80 Å². The Bertz CT molecular complexity index is 477. The zero-order chi connectivity index (χ0) is 14.7. The zero-order valence-electron chi connectivity index (χ0n) is 12.4. The van der Waals surface area contributed by atoms with Crippen molar-refractivity contribution in [3.63, 3.8) is 0 Å². The molecule has 2 aliphatic rings. The molecule has 2 aliphatic heterocycles. The lowest BCUT2D eigenvalue weighted by Crippen LogP contribution is -2.54. The molecule has 0 aliphatic carbocycles. The summed E-state index contributed by atoms with van der Waals surface area (Å²) in [6.45, 7) is 4.08. The van der Waals surface area contributed by atoms with Crippen LogP contribution in [0, 0.1) is 0 Å². The predicted octanol–water partition coefficient (Wildman–Crippen LogP) is 1.85. The minimum absolute atomic E-state index is 0.235. The van der Waals surface area contributed by atoms with Crippen LogP contribution in [0.4, 0.5) is 0 Å². The average molecular weight is 288 g/mol. The number of hydrogen-bond acceptors (Lipinski definition) is 3.